The highest BCUT2D eigenvalue weighted by molar-refractivity contribution is 7.89. The molecular weight excluding hydrogens is 438 g/mol. The lowest BCUT2D eigenvalue weighted by Crippen LogP contribution is -2.34. The van der Waals surface area contributed by atoms with E-state index < -0.39 is 22.5 Å². The van der Waals surface area contributed by atoms with Crippen molar-refractivity contribution in [3.63, 3.8) is 0 Å². The van der Waals surface area contributed by atoms with E-state index in [-0.39, 0.29) is 4.90 Å². The lowest BCUT2D eigenvalue weighted by Gasteiger charge is -2.07. The molecule has 3 aromatic rings. The van der Waals surface area contributed by atoms with Crippen molar-refractivity contribution in [1.82, 2.24) is 10.1 Å². The number of hydrogen-bond donors (Lipinski definition) is 2. The maximum absolute atomic E-state index is 12.1. The Kier molecular flexibility index (Phi) is 7.77. The van der Waals surface area contributed by atoms with Gasteiger partial charge in [0.25, 0.3) is 5.91 Å². The number of rotatable bonds is 9. The minimum absolute atomic E-state index is 0.0877. The third kappa shape index (κ3) is 7.21. The molecule has 3 aromatic carbocycles. The van der Waals surface area contributed by atoms with Gasteiger partial charge in [-0.25, -0.2) is 18.6 Å². The van der Waals surface area contributed by atoms with Gasteiger partial charge in [0.15, 0.2) is 0 Å². The average molecular weight is 458 g/mol. The van der Waals surface area contributed by atoms with Crippen molar-refractivity contribution in [3.05, 3.63) is 95.0 Å². The van der Waals surface area contributed by atoms with Crippen LogP contribution in [0.4, 0.5) is 0 Å². The van der Waals surface area contributed by atoms with E-state index in [9.17, 15) is 13.2 Å². The zero-order valence-corrected chi connectivity index (χ0v) is 17.9. The Morgan fingerprint density at radius 1 is 0.968 bits per heavy atom. The second-order valence-corrected chi connectivity index (χ2v) is 8.62. The van der Waals surface area contributed by atoms with Crippen LogP contribution in [0.15, 0.2) is 88.9 Å². The smallest absolute Gasteiger partial charge is 0.255 e. The van der Waals surface area contributed by atoms with Gasteiger partial charge in [-0.2, -0.15) is 5.10 Å². The van der Waals surface area contributed by atoms with Crippen molar-refractivity contribution in [2.75, 3.05) is 6.54 Å². The summed E-state index contributed by atoms with van der Waals surface area (Å²) in [4.78, 5) is 11.9. The summed E-state index contributed by atoms with van der Waals surface area (Å²) in [5.41, 5.74) is 4.02. The number of carbonyl (C=O) groups excluding carboxylic acids is 1. The SMILES string of the molecule is O=C(CNS(=O)(=O)c1ccccc1)N/N=C\c1ccc(OCc2ccc(Cl)cc2)cc1. The molecule has 0 fully saturated rings. The fourth-order valence-electron chi connectivity index (χ4n) is 2.46. The summed E-state index contributed by atoms with van der Waals surface area (Å²) < 4.78 is 32.1. The second-order valence-electron chi connectivity index (χ2n) is 6.41. The van der Waals surface area contributed by atoms with Crippen LogP contribution < -0.4 is 14.9 Å². The van der Waals surface area contributed by atoms with Gasteiger partial charge in [0.2, 0.25) is 10.0 Å². The Labute approximate surface area is 185 Å². The van der Waals surface area contributed by atoms with Crippen LogP contribution in [-0.2, 0) is 21.4 Å². The molecule has 0 bridgehead atoms. The number of halogens is 1. The van der Waals surface area contributed by atoms with E-state index in [0.29, 0.717) is 17.4 Å². The first-order valence-corrected chi connectivity index (χ1v) is 11.1. The Bertz CT molecular complexity index is 1130. The maximum Gasteiger partial charge on any atom is 0.255 e. The molecule has 7 nitrogen and oxygen atoms in total. The van der Waals surface area contributed by atoms with E-state index in [4.69, 9.17) is 16.3 Å². The van der Waals surface area contributed by atoms with Crippen LogP contribution in [0.1, 0.15) is 11.1 Å². The van der Waals surface area contributed by atoms with Crippen LogP contribution in [0.25, 0.3) is 0 Å². The molecule has 0 aliphatic rings. The Morgan fingerprint density at radius 3 is 2.32 bits per heavy atom. The van der Waals surface area contributed by atoms with E-state index in [0.717, 1.165) is 11.1 Å². The monoisotopic (exact) mass is 457 g/mol. The van der Waals surface area contributed by atoms with Crippen LogP contribution in [-0.4, -0.2) is 27.1 Å². The van der Waals surface area contributed by atoms with E-state index in [1.165, 1.54) is 18.3 Å². The van der Waals surface area contributed by atoms with E-state index >= 15 is 0 Å². The van der Waals surface area contributed by atoms with Gasteiger partial charge in [-0.15, -0.1) is 0 Å². The van der Waals surface area contributed by atoms with Gasteiger partial charge in [-0.05, 0) is 59.7 Å². The van der Waals surface area contributed by atoms with E-state index in [1.807, 2.05) is 12.1 Å². The molecule has 31 heavy (non-hydrogen) atoms. The number of nitrogens with zero attached hydrogens (tertiary/aromatic N) is 1. The Morgan fingerprint density at radius 2 is 1.65 bits per heavy atom. The number of hydrazone groups is 1. The number of amides is 1. The second kappa shape index (κ2) is 10.7. The van der Waals surface area contributed by atoms with Crippen LogP contribution >= 0.6 is 11.6 Å². The minimum Gasteiger partial charge on any atom is -0.489 e. The molecule has 3 rings (SSSR count). The summed E-state index contributed by atoms with van der Waals surface area (Å²) in [5.74, 6) is 0.102. The molecule has 0 radical (unpaired) electrons. The predicted octanol–water partition coefficient (Wildman–Crippen LogP) is 3.35. The molecule has 0 saturated carbocycles. The molecule has 0 aromatic heterocycles. The van der Waals surface area contributed by atoms with Crippen molar-refractivity contribution in [2.45, 2.75) is 11.5 Å². The topological polar surface area (TPSA) is 96.9 Å². The number of sulfonamides is 1. The molecule has 0 spiro atoms. The van der Waals surface area contributed by atoms with Crippen LogP contribution in [0, 0.1) is 0 Å². The summed E-state index contributed by atoms with van der Waals surface area (Å²) in [6.07, 6.45) is 1.45. The van der Waals surface area contributed by atoms with Crippen molar-refractivity contribution in [3.8, 4) is 5.75 Å². The molecule has 1 amide bonds. The van der Waals surface area contributed by atoms with Gasteiger partial charge in [-0.3, -0.25) is 4.79 Å². The number of nitrogens with one attached hydrogen (secondary N) is 2. The lowest BCUT2D eigenvalue weighted by atomic mass is 10.2. The molecule has 0 aliphatic carbocycles. The first kappa shape index (κ1) is 22.5. The average Bonchev–Trinajstić information content (AvgIpc) is 2.79. The third-order valence-corrected chi connectivity index (χ3v) is 5.75. The number of hydrogen-bond acceptors (Lipinski definition) is 5. The largest absolute Gasteiger partial charge is 0.489 e. The maximum atomic E-state index is 12.1. The van der Waals surface area contributed by atoms with Crippen LogP contribution in [0.3, 0.4) is 0 Å². The molecule has 0 unspecified atom stereocenters. The minimum atomic E-state index is -3.75. The van der Waals surface area contributed by atoms with Crippen LogP contribution in [0.5, 0.6) is 5.75 Å². The van der Waals surface area contributed by atoms with Gasteiger partial charge < -0.3 is 4.74 Å². The van der Waals surface area contributed by atoms with Gasteiger partial charge in [-0.1, -0.05) is 41.9 Å². The third-order valence-electron chi connectivity index (χ3n) is 4.08. The fraction of sp³-hybridized carbons (Fsp3) is 0.0909. The molecular formula is C22H20ClN3O4S. The summed E-state index contributed by atoms with van der Waals surface area (Å²) in [7, 11) is -3.75. The zero-order chi connectivity index (χ0) is 22.1. The van der Waals surface area contributed by atoms with Crippen molar-refractivity contribution >= 4 is 33.7 Å². The first-order chi connectivity index (χ1) is 14.9. The quantitative estimate of drug-likeness (QED) is 0.380. The summed E-state index contributed by atoms with van der Waals surface area (Å²) in [5, 5.41) is 4.51. The highest BCUT2D eigenvalue weighted by Gasteiger charge is 2.14. The molecule has 160 valence electrons. The van der Waals surface area contributed by atoms with Gasteiger partial charge >= 0.3 is 0 Å². The standard InChI is InChI=1S/C22H20ClN3O4S/c23-19-10-6-18(7-11-19)16-30-20-12-8-17(9-13-20)14-24-26-22(27)15-25-31(28,29)21-4-2-1-3-5-21/h1-14,25H,15-16H2,(H,26,27)/b24-14-. The predicted molar refractivity (Wildman–Crippen MR) is 120 cm³/mol. The molecule has 0 aliphatic heterocycles. The van der Waals surface area contributed by atoms with Crippen molar-refractivity contribution in [2.24, 2.45) is 5.10 Å². The Balaban J connectivity index is 1.44. The zero-order valence-electron chi connectivity index (χ0n) is 16.4. The van der Waals surface area contributed by atoms with Gasteiger partial charge in [0, 0.05) is 5.02 Å². The number of benzene rings is 3. The molecule has 0 saturated heterocycles. The summed E-state index contributed by atoms with van der Waals surface area (Å²) >= 11 is 5.86. The van der Waals surface area contributed by atoms with Crippen LogP contribution in [0.2, 0.25) is 5.02 Å². The first-order valence-electron chi connectivity index (χ1n) is 9.26. The van der Waals surface area contributed by atoms with E-state index in [2.05, 4.69) is 15.2 Å². The summed E-state index contributed by atoms with van der Waals surface area (Å²) in [6.45, 7) is -0.00834. The fourth-order valence-corrected chi connectivity index (χ4v) is 3.59. The highest BCUT2D eigenvalue weighted by atomic mass is 35.5. The normalized spacial score (nSPS) is 11.4. The van der Waals surface area contributed by atoms with E-state index in [1.54, 1.807) is 54.6 Å². The van der Waals surface area contributed by atoms with Crippen molar-refractivity contribution < 1.29 is 17.9 Å². The number of carbonyl (C=O) groups is 1. The molecule has 2 N–H and O–H groups in total. The molecule has 9 heteroatoms. The highest BCUT2D eigenvalue weighted by Crippen LogP contribution is 2.15. The number of ether oxygens (including phenoxy) is 1. The van der Waals surface area contributed by atoms with Gasteiger partial charge in [0.1, 0.15) is 12.4 Å². The summed E-state index contributed by atoms with van der Waals surface area (Å²) in [6, 6.07) is 22.3. The molecule has 0 heterocycles. The molecule has 0 atom stereocenters. The van der Waals surface area contributed by atoms with Crippen molar-refractivity contribution in [1.29, 1.82) is 0 Å². The Hall–Kier alpha value is -3.20. The van der Waals surface area contributed by atoms with Gasteiger partial charge in [0.05, 0.1) is 17.7 Å². The lowest BCUT2D eigenvalue weighted by molar-refractivity contribution is -0.119.